The number of amides is 1. The average Bonchev–Trinajstić information content (AvgIpc) is 2.27. The number of nitrogens with zero attached hydrogens (tertiary/aromatic N) is 1. The van der Waals surface area contributed by atoms with Gasteiger partial charge in [-0.3, -0.25) is 4.79 Å². The molecule has 1 fully saturated rings. The Hall–Kier alpha value is -0.850. The molecule has 0 bridgehead atoms. The van der Waals surface area contributed by atoms with Crippen molar-refractivity contribution in [2.75, 3.05) is 19.7 Å². The van der Waals surface area contributed by atoms with Crippen LogP contribution in [0.15, 0.2) is 0 Å². The predicted octanol–water partition coefficient (Wildman–Crippen LogP) is 1.90. The molecule has 1 N–H and O–H groups in total. The van der Waals surface area contributed by atoms with Gasteiger partial charge in [0, 0.05) is 25.3 Å². The number of alkyl halides is 4. The Bertz CT molecular complexity index is 276. The maximum atomic E-state index is 12.9. The van der Waals surface area contributed by atoms with E-state index in [4.69, 9.17) is 5.11 Å². The van der Waals surface area contributed by atoms with Gasteiger partial charge in [-0.1, -0.05) is 0 Å². The molecule has 0 atom stereocenters. The van der Waals surface area contributed by atoms with Crippen LogP contribution in [0.5, 0.6) is 0 Å². The van der Waals surface area contributed by atoms with E-state index in [2.05, 4.69) is 0 Å². The third-order valence-electron chi connectivity index (χ3n) is 3.11. The summed E-state index contributed by atoms with van der Waals surface area (Å²) in [6, 6.07) is 0. The summed E-state index contributed by atoms with van der Waals surface area (Å²) < 4.78 is 50.4. The Morgan fingerprint density at radius 1 is 1.33 bits per heavy atom. The highest BCUT2D eigenvalue weighted by Crippen LogP contribution is 2.36. The first-order chi connectivity index (χ1) is 8.35. The number of rotatable bonds is 5. The van der Waals surface area contributed by atoms with Gasteiger partial charge in [-0.05, 0) is 12.8 Å². The van der Waals surface area contributed by atoms with Crippen LogP contribution in [0, 0.1) is 5.92 Å². The van der Waals surface area contributed by atoms with Gasteiger partial charge in [-0.25, -0.2) is 17.6 Å². The van der Waals surface area contributed by atoms with Crippen LogP contribution in [0.3, 0.4) is 0 Å². The van der Waals surface area contributed by atoms with Gasteiger partial charge >= 0.3 is 0 Å². The molecule has 0 aliphatic heterocycles. The zero-order chi connectivity index (χ0) is 13.8. The number of aliphatic hydroxyl groups excluding tert-OH is 1. The highest BCUT2D eigenvalue weighted by Gasteiger charge is 2.38. The topological polar surface area (TPSA) is 40.5 Å². The maximum absolute atomic E-state index is 12.9. The summed E-state index contributed by atoms with van der Waals surface area (Å²) in [5, 5.41) is 8.72. The Balaban J connectivity index is 2.55. The van der Waals surface area contributed by atoms with Crippen molar-refractivity contribution in [2.45, 2.75) is 38.0 Å². The molecule has 1 aliphatic rings. The van der Waals surface area contributed by atoms with Crippen LogP contribution in [0.1, 0.15) is 25.7 Å². The minimum Gasteiger partial charge on any atom is -0.395 e. The standard InChI is InChI=1S/C11H17F4NO2/c12-9(13)7-16(5-6-17)10(18)8-1-3-11(14,15)4-2-8/h8-9,17H,1-7H2. The van der Waals surface area contributed by atoms with Crippen molar-refractivity contribution < 1.29 is 27.5 Å². The van der Waals surface area contributed by atoms with E-state index < -0.39 is 37.3 Å². The molecule has 1 amide bonds. The second-order valence-corrected chi connectivity index (χ2v) is 4.53. The number of hydrogen-bond acceptors (Lipinski definition) is 2. The largest absolute Gasteiger partial charge is 0.395 e. The monoisotopic (exact) mass is 271 g/mol. The second kappa shape index (κ2) is 6.36. The number of halogens is 4. The van der Waals surface area contributed by atoms with Crippen LogP contribution in [0.2, 0.25) is 0 Å². The van der Waals surface area contributed by atoms with Crippen LogP contribution in [0.4, 0.5) is 17.6 Å². The zero-order valence-electron chi connectivity index (χ0n) is 9.92. The van der Waals surface area contributed by atoms with Crippen molar-refractivity contribution in [1.82, 2.24) is 4.90 Å². The summed E-state index contributed by atoms with van der Waals surface area (Å²) in [5.41, 5.74) is 0. The third-order valence-corrected chi connectivity index (χ3v) is 3.11. The molecule has 1 saturated carbocycles. The fourth-order valence-electron chi connectivity index (χ4n) is 2.12. The van der Waals surface area contributed by atoms with Crippen LogP contribution in [0.25, 0.3) is 0 Å². The van der Waals surface area contributed by atoms with Gasteiger partial charge < -0.3 is 10.0 Å². The molecule has 0 aromatic rings. The SMILES string of the molecule is O=C(C1CCC(F)(F)CC1)N(CCO)CC(F)F. The van der Waals surface area contributed by atoms with E-state index >= 15 is 0 Å². The van der Waals surface area contributed by atoms with Gasteiger partial charge in [0.2, 0.25) is 11.8 Å². The number of carbonyl (C=O) groups excluding carboxylic acids is 1. The molecule has 0 spiro atoms. The first-order valence-electron chi connectivity index (χ1n) is 5.91. The van der Waals surface area contributed by atoms with Gasteiger partial charge in [0.15, 0.2) is 0 Å². The Labute approximate surface area is 103 Å². The van der Waals surface area contributed by atoms with Gasteiger partial charge in [0.25, 0.3) is 6.43 Å². The first kappa shape index (κ1) is 15.2. The molecule has 0 unspecified atom stereocenters. The normalized spacial score (nSPS) is 20.1. The van der Waals surface area contributed by atoms with Gasteiger partial charge in [0.05, 0.1) is 13.2 Å². The first-order valence-corrected chi connectivity index (χ1v) is 5.91. The van der Waals surface area contributed by atoms with Crippen molar-refractivity contribution in [3.63, 3.8) is 0 Å². The van der Waals surface area contributed by atoms with Crippen molar-refractivity contribution in [1.29, 1.82) is 0 Å². The van der Waals surface area contributed by atoms with E-state index in [1.807, 2.05) is 0 Å². The molecule has 106 valence electrons. The van der Waals surface area contributed by atoms with E-state index in [0.717, 1.165) is 4.90 Å². The van der Waals surface area contributed by atoms with Gasteiger partial charge in [-0.15, -0.1) is 0 Å². The highest BCUT2D eigenvalue weighted by atomic mass is 19.3. The van der Waals surface area contributed by atoms with Crippen molar-refractivity contribution in [3.8, 4) is 0 Å². The second-order valence-electron chi connectivity index (χ2n) is 4.53. The molecular formula is C11H17F4NO2. The van der Waals surface area contributed by atoms with Gasteiger partial charge in [-0.2, -0.15) is 0 Å². The van der Waals surface area contributed by atoms with E-state index in [1.165, 1.54) is 0 Å². The average molecular weight is 271 g/mol. The zero-order valence-corrected chi connectivity index (χ0v) is 9.92. The number of hydrogen-bond donors (Lipinski definition) is 1. The summed E-state index contributed by atoms with van der Waals surface area (Å²) >= 11 is 0. The predicted molar refractivity (Wildman–Crippen MR) is 56.6 cm³/mol. The van der Waals surface area contributed by atoms with Crippen molar-refractivity contribution in [3.05, 3.63) is 0 Å². The summed E-state index contributed by atoms with van der Waals surface area (Å²) in [6.07, 6.45) is -3.44. The van der Waals surface area contributed by atoms with Gasteiger partial charge in [0.1, 0.15) is 0 Å². The minimum absolute atomic E-state index is 0.0109. The van der Waals surface area contributed by atoms with Crippen molar-refractivity contribution in [2.24, 2.45) is 5.92 Å². The summed E-state index contributed by atoms with van der Waals surface area (Å²) in [6.45, 7) is -1.36. The lowest BCUT2D eigenvalue weighted by atomic mass is 9.86. The number of aliphatic hydroxyl groups is 1. The fraction of sp³-hybridized carbons (Fsp3) is 0.909. The quantitative estimate of drug-likeness (QED) is 0.776. The molecule has 0 aromatic heterocycles. The van der Waals surface area contributed by atoms with E-state index in [1.54, 1.807) is 0 Å². The lowest BCUT2D eigenvalue weighted by molar-refractivity contribution is -0.142. The Morgan fingerprint density at radius 3 is 2.33 bits per heavy atom. The van der Waals surface area contributed by atoms with Crippen LogP contribution >= 0.6 is 0 Å². The molecule has 3 nitrogen and oxygen atoms in total. The molecular weight excluding hydrogens is 254 g/mol. The molecule has 7 heteroatoms. The van der Waals surface area contributed by atoms with E-state index in [0.29, 0.717) is 0 Å². The lowest BCUT2D eigenvalue weighted by Gasteiger charge is -2.31. The molecule has 0 saturated heterocycles. The highest BCUT2D eigenvalue weighted by molar-refractivity contribution is 5.79. The molecule has 1 rings (SSSR count). The summed E-state index contributed by atoms with van der Waals surface area (Å²) in [7, 11) is 0. The minimum atomic E-state index is -2.75. The third kappa shape index (κ3) is 4.44. The van der Waals surface area contributed by atoms with E-state index in [-0.39, 0.29) is 32.2 Å². The lowest BCUT2D eigenvalue weighted by Crippen LogP contribution is -2.43. The molecule has 18 heavy (non-hydrogen) atoms. The molecule has 1 aliphatic carbocycles. The Kier molecular flexibility index (Phi) is 5.37. The van der Waals surface area contributed by atoms with Crippen molar-refractivity contribution >= 4 is 5.91 Å². The summed E-state index contributed by atoms with van der Waals surface area (Å²) in [5.74, 6) is -3.93. The fourth-order valence-corrected chi connectivity index (χ4v) is 2.12. The Morgan fingerprint density at radius 2 is 1.89 bits per heavy atom. The molecule has 0 radical (unpaired) electrons. The van der Waals surface area contributed by atoms with Crippen LogP contribution < -0.4 is 0 Å². The van der Waals surface area contributed by atoms with Crippen LogP contribution in [-0.2, 0) is 4.79 Å². The van der Waals surface area contributed by atoms with E-state index in [9.17, 15) is 22.4 Å². The summed E-state index contributed by atoms with van der Waals surface area (Å²) in [4.78, 5) is 12.7. The number of carbonyl (C=O) groups is 1. The molecule has 0 aromatic carbocycles. The maximum Gasteiger partial charge on any atom is 0.255 e. The van der Waals surface area contributed by atoms with Crippen LogP contribution in [-0.4, -0.2) is 48.0 Å². The molecule has 0 heterocycles. The smallest absolute Gasteiger partial charge is 0.255 e.